The monoisotopic (exact) mass is 292 g/mol. The molecule has 0 spiro atoms. The van der Waals surface area contributed by atoms with Gasteiger partial charge < -0.3 is 10.2 Å². The maximum Gasteiger partial charge on any atom is 0.311 e. The number of amides is 1. The van der Waals surface area contributed by atoms with Crippen LogP contribution in [0.3, 0.4) is 0 Å². The molecule has 114 valence electrons. The first kappa shape index (κ1) is 15.2. The highest BCUT2D eigenvalue weighted by Gasteiger charge is 2.25. The molecule has 7 heteroatoms. The van der Waals surface area contributed by atoms with Gasteiger partial charge in [-0.15, -0.1) is 0 Å². The van der Waals surface area contributed by atoms with E-state index in [0.717, 1.165) is 32.4 Å². The van der Waals surface area contributed by atoms with Gasteiger partial charge in [-0.3, -0.25) is 14.9 Å². The molecule has 0 aliphatic carbocycles. The third kappa shape index (κ3) is 3.68. The molecule has 1 aromatic rings. The number of nitrogens with zero attached hydrogens (tertiary/aromatic N) is 3. The molecule has 2 heterocycles. The summed E-state index contributed by atoms with van der Waals surface area (Å²) >= 11 is 0. The molecule has 21 heavy (non-hydrogen) atoms. The first-order chi connectivity index (χ1) is 9.99. The number of rotatable bonds is 4. The van der Waals surface area contributed by atoms with Crippen LogP contribution < -0.4 is 5.32 Å². The van der Waals surface area contributed by atoms with Crippen LogP contribution in [0, 0.1) is 17.0 Å². The van der Waals surface area contributed by atoms with E-state index in [1.165, 1.54) is 6.07 Å². The van der Waals surface area contributed by atoms with E-state index in [2.05, 4.69) is 10.3 Å². The van der Waals surface area contributed by atoms with Gasteiger partial charge >= 0.3 is 5.69 Å². The number of hydrogen-bond donors (Lipinski definition) is 1. The van der Waals surface area contributed by atoms with Crippen LogP contribution in [-0.4, -0.2) is 39.8 Å². The largest absolute Gasteiger partial charge is 0.353 e. The zero-order valence-corrected chi connectivity index (χ0v) is 12.3. The van der Waals surface area contributed by atoms with Crippen LogP contribution in [0.25, 0.3) is 0 Å². The van der Waals surface area contributed by atoms with Crippen molar-refractivity contribution in [3.8, 4) is 0 Å². The normalized spacial score (nSPS) is 16.4. The predicted octanol–water partition coefficient (Wildman–Crippen LogP) is 2.11. The van der Waals surface area contributed by atoms with E-state index >= 15 is 0 Å². The second-order valence-electron chi connectivity index (χ2n) is 5.39. The number of likely N-dealkylation sites (tertiary alicyclic amines) is 1. The lowest BCUT2D eigenvalue weighted by Crippen LogP contribution is -2.44. The fraction of sp³-hybridized carbons (Fsp3) is 0.571. The van der Waals surface area contributed by atoms with Crippen molar-refractivity contribution >= 4 is 17.4 Å². The van der Waals surface area contributed by atoms with Gasteiger partial charge in [0.1, 0.15) is 6.04 Å². The van der Waals surface area contributed by atoms with E-state index in [4.69, 9.17) is 0 Å². The van der Waals surface area contributed by atoms with E-state index in [1.54, 1.807) is 24.9 Å². The maximum atomic E-state index is 12.3. The van der Waals surface area contributed by atoms with Gasteiger partial charge in [0, 0.05) is 25.4 Å². The smallest absolute Gasteiger partial charge is 0.311 e. The van der Waals surface area contributed by atoms with Gasteiger partial charge in [-0.2, -0.15) is 0 Å². The third-order valence-electron chi connectivity index (χ3n) is 3.59. The number of nitro groups is 1. The van der Waals surface area contributed by atoms with Crippen molar-refractivity contribution in [3.63, 3.8) is 0 Å². The van der Waals surface area contributed by atoms with Crippen LogP contribution >= 0.6 is 0 Å². The van der Waals surface area contributed by atoms with Crippen LogP contribution in [0.15, 0.2) is 12.3 Å². The predicted molar refractivity (Wildman–Crippen MR) is 79.1 cm³/mol. The molecular formula is C14H20N4O3. The first-order valence-electron chi connectivity index (χ1n) is 7.15. The standard InChI is InChI=1S/C14H20N4O3/c1-10-8-12(18(20)21)13(15-9-10)16-11(2)14(19)17-6-4-3-5-7-17/h8-9,11H,3-7H2,1-2H3,(H,15,16). The molecule has 1 fully saturated rings. The molecule has 0 bridgehead atoms. The Morgan fingerprint density at radius 2 is 2.10 bits per heavy atom. The Hall–Kier alpha value is -2.18. The Labute approximate surface area is 123 Å². The summed E-state index contributed by atoms with van der Waals surface area (Å²) in [5, 5.41) is 13.9. The summed E-state index contributed by atoms with van der Waals surface area (Å²) in [5.41, 5.74) is 0.607. The Bertz CT molecular complexity index is 541. The van der Waals surface area contributed by atoms with E-state index in [-0.39, 0.29) is 17.4 Å². The average molecular weight is 292 g/mol. The fourth-order valence-corrected chi connectivity index (χ4v) is 2.46. The lowest BCUT2D eigenvalue weighted by Gasteiger charge is -2.29. The number of pyridine rings is 1. The van der Waals surface area contributed by atoms with E-state index in [9.17, 15) is 14.9 Å². The minimum atomic E-state index is -0.531. The highest BCUT2D eigenvalue weighted by Crippen LogP contribution is 2.23. The summed E-state index contributed by atoms with van der Waals surface area (Å²) in [4.78, 5) is 28.7. The minimum absolute atomic E-state index is 0.0358. The number of aryl methyl sites for hydroxylation is 1. The van der Waals surface area contributed by atoms with E-state index < -0.39 is 11.0 Å². The molecule has 1 N–H and O–H groups in total. The number of aromatic nitrogens is 1. The van der Waals surface area contributed by atoms with Crippen molar-refractivity contribution in [3.05, 3.63) is 27.9 Å². The van der Waals surface area contributed by atoms with Crippen molar-refractivity contribution in [1.82, 2.24) is 9.88 Å². The molecule has 1 atom stereocenters. The number of piperidine rings is 1. The van der Waals surface area contributed by atoms with Gasteiger partial charge in [0.25, 0.3) is 0 Å². The fourth-order valence-electron chi connectivity index (χ4n) is 2.46. The number of carbonyl (C=O) groups excluding carboxylic acids is 1. The Balaban J connectivity index is 2.10. The van der Waals surface area contributed by atoms with Crippen LogP contribution in [0.4, 0.5) is 11.5 Å². The van der Waals surface area contributed by atoms with Crippen LogP contribution in [-0.2, 0) is 4.79 Å². The molecule has 1 amide bonds. The topological polar surface area (TPSA) is 88.4 Å². The van der Waals surface area contributed by atoms with E-state index in [1.807, 2.05) is 0 Å². The Kier molecular flexibility index (Phi) is 4.72. The molecule has 1 aromatic heterocycles. The number of carbonyl (C=O) groups is 1. The summed E-state index contributed by atoms with van der Waals surface area (Å²) in [6, 6.07) is 0.921. The molecule has 0 aromatic carbocycles. The molecule has 0 saturated carbocycles. The number of hydrogen-bond acceptors (Lipinski definition) is 5. The van der Waals surface area contributed by atoms with E-state index in [0.29, 0.717) is 5.56 Å². The van der Waals surface area contributed by atoms with Crippen molar-refractivity contribution < 1.29 is 9.72 Å². The van der Waals surface area contributed by atoms with Crippen molar-refractivity contribution in [2.45, 2.75) is 39.2 Å². The highest BCUT2D eigenvalue weighted by atomic mass is 16.6. The molecule has 1 unspecified atom stereocenters. The van der Waals surface area contributed by atoms with Crippen LogP contribution in [0.5, 0.6) is 0 Å². The van der Waals surface area contributed by atoms with Gasteiger partial charge in [0.05, 0.1) is 4.92 Å². The molecular weight excluding hydrogens is 272 g/mol. The number of nitrogens with one attached hydrogen (secondary N) is 1. The number of anilines is 1. The molecule has 0 radical (unpaired) electrons. The third-order valence-corrected chi connectivity index (χ3v) is 3.59. The summed E-state index contributed by atoms with van der Waals surface area (Å²) < 4.78 is 0. The van der Waals surface area contributed by atoms with Gasteiger partial charge in [-0.05, 0) is 38.7 Å². The van der Waals surface area contributed by atoms with Gasteiger partial charge in [-0.1, -0.05) is 0 Å². The van der Waals surface area contributed by atoms with Gasteiger partial charge in [0.15, 0.2) is 0 Å². The average Bonchev–Trinajstić information content (AvgIpc) is 2.49. The zero-order chi connectivity index (χ0) is 15.4. The molecule has 1 saturated heterocycles. The second-order valence-corrected chi connectivity index (χ2v) is 5.39. The lowest BCUT2D eigenvalue weighted by molar-refractivity contribution is -0.384. The quantitative estimate of drug-likeness (QED) is 0.678. The van der Waals surface area contributed by atoms with Crippen LogP contribution in [0.2, 0.25) is 0 Å². The Morgan fingerprint density at radius 1 is 1.43 bits per heavy atom. The second kappa shape index (κ2) is 6.51. The summed E-state index contributed by atoms with van der Waals surface area (Å²) in [6.07, 6.45) is 4.73. The van der Waals surface area contributed by atoms with Crippen LogP contribution in [0.1, 0.15) is 31.7 Å². The van der Waals surface area contributed by atoms with Gasteiger partial charge in [0.2, 0.25) is 11.7 Å². The summed E-state index contributed by atoms with van der Waals surface area (Å²) in [6.45, 7) is 4.97. The highest BCUT2D eigenvalue weighted by molar-refractivity contribution is 5.84. The lowest BCUT2D eigenvalue weighted by atomic mass is 10.1. The first-order valence-corrected chi connectivity index (χ1v) is 7.15. The molecule has 7 nitrogen and oxygen atoms in total. The van der Waals surface area contributed by atoms with Crippen molar-refractivity contribution in [2.75, 3.05) is 18.4 Å². The molecule has 2 rings (SSSR count). The SMILES string of the molecule is Cc1cnc(NC(C)C(=O)N2CCCCC2)c([N+](=O)[O-])c1. The minimum Gasteiger partial charge on any atom is -0.353 e. The summed E-state index contributed by atoms with van der Waals surface area (Å²) in [5.74, 6) is 0.106. The maximum absolute atomic E-state index is 12.3. The summed E-state index contributed by atoms with van der Waals surface area (Å²) in [7, 11) is 0. The zero-order valence-electron chi connectivity index (χ0n) is 12.3. The Morgan fingerprint density at radius 3 is 2.71 bits per heavy atom. The molecule has 1 aliphatic heterocycles. The van der Waals surface area contributed by atoms with Crippen molar-refractivity contribution in [1.29, 1.82) is 0 Å². The van der Waals surface area contributed by atoms with Crippen molar-refractivity contribution in [2.24, 2.45) is 0 Å². The molecule has 1 aliphatic rings. The van der Waals surface area contributed by atoms with Gasteiger partial charge in [-0.25, -0.2) is 4.98 Å².